The van der Waals surface area contributed by atoms with E-state index in [2.05, 4.69) is 15.4 Å². The van der Waals surface area contributed by atoms with E-state index in [1.807, 2.05) is 6.07 Å². The number of benzene rings is 1. The maximum atomic E-state index is 12.3. The molecule has 1 amide bonds. The molecule has 9 heteroatoms. The molecule has 1 aromatic carbocycles. The van der Waals surface area contributed by atoms with Gasteiger partial charge in [0, 0.05) is 18.9 Å². The molecule has 0 aliphatic heterocycles. The third-order valence-electron chi connectivity index (χ3n) is 4.20. The molecular formula is C20H22F2N4O3. The van der Waals surface area contributed by atoms with Gasteiger partial charge in [-0.2, -0.15) is 5.10 Å². The number of nitrogens with one attached hydrogen (secondary N) is 1. The second kappa shape index (κ2) is 8.95. The number of pyridine rings is 1. The normalized spacial score (nSPS) is 12.3. The van der Waals surface area contributed by atoms with Gasteiger partial charge in [0.25, 0.3) is 12.3 Å². The lowest BCUT2D eigenvalue weighted by Gasteiger charge is -2.10. The van der Waals surface area contributed by atoms with Gasteiger partial charge in [0.05, 0.1) is 23.6 Å². The zero-order valence-corrected chi connectivity index (χ0v) is 16.1. The van der Waals surface area contributed by atoms with E-state index < -0.39 is 19.1 Å². The van der Waals surface area contributed by atoms with Gasteiger partial charge in [-0.25, -0.2) is 8.78 Å². The van der Waals surface area contributed by atoms with E-state index in [1.165, 1.54) is 6.20 Å². The van der Waals surface area contributed by atoms with Gasteiger partial charge in [-0.3, -0.25) is 14.5 Å². The maximum Gasteiger partial charge on any atom is 0.272 e. The number of aromatic nitrogens is 3. The van der Waals surface area contributed by atoms with Crippen molar-refractivity contribution >= 4 is 16.8 Å². The zero-order chi connectivity index (χ0) is 21.0. The summed E-state index contributed by atoms with van der Waals surface area (Å²) in [5.41, 5.74) is 2.52. The molecule has 0 spiro atoms. The number of rotatable bonds is 8. The van der Waals surface area contributed by atoms with Crippen LogP contribution < -0.4 is 10.1 Å². The van der Waals surface area contributed by atoms with Gasteiger partial charge in [-0.15, -0.1) is 0 Å². The summed E-state index contributed by atoms with van der Waals surface area (Å²) in [6.45, 7) is 3.29. The fraction of sp³-hybridized carbons (Fsp3) is 0.350. The number of hydrogen-bond acceptors (Lipinski definition) is 5. The molecule has 0 saturated carbocycles. The van der Waals surface area contributed by atoms with E-state index in [0.717, 1.165) is 11.1 Å². The number of alkyl halides is 2. The number of carbonyl (C=O) groups is 1. The molecule has 0 aliphatic rings. The molecule has 0 bridgehead atoms. The third-order valence-corrected chi connectivity index (χ3v) is 4.20. The summed E-state index contributed by atoms with van der Waals surface area (Å²) in [7, 11) is 0. The Balaban J connectivity index is 1.78. The van der Waals surface area contributed by atoms with Crippen LogP contribution in [0.2, 0.25) is 0 Å². The average molecular weight is 404 g/mol. The third kappa shape index (κ3) is 5.26. The van der Waals surface area contributed by atoms with Crippen LogP contribution in [0.4, 0.5) is 8.78 Å². The molecule has 0 saturated heterocycles. The molecule has 0 radical (unpaired) electrons. The van der Waals surface area contributed by atoms with Crippen LogP contribution in [0.5, 0.6) is 5.75 Å². The summed E-state index contributed by atoms with van der Waals surface area (Å²) in [4.78, 5) is 16.5. The minimum Gasteiger partial charge on any atom is -0.487 e. The van der Waals surface area contributed by atoms with Crippen molar-refractivity contribution in [3.8, 4) is 5.75 Å². The Labute approximate surface area is 166 Å². The van der Waals surface area contributed by atoms with Crippen LogP contribution in [-0.2, 0) is 6.54 Å². The highest BCUT2D eigenvalue weighted by molar-refractivity contribution is 6.04. The lowest BCUT2D eigenvalue weighted by Crippen LogP contribution is -2.31. The van der Waals surface area contributed by atoms with E-state index >= 15 is 0 Å². The minimum atomic E-state index is -2.52. The van der Waals surface area contributed by atoms with Crippen LogP contribution in [0.15, 0.2) is 36.7 Å². The summed E-state index contributed by atoms with van der Waals surface area (Å²) in [6, 6.07) is 7.01. The quantitative estimate of drug-likeness (QED) is 0.602. The smallest absolute Gasteiger partial charge is 0.272 e. The Kier molecular flexibility index (Phi) is 6.38. The standard InChI is InChI=1S/C20H22F2N4O3/c1-12-7-14(3-4-17(12)29-11-18(21)22)9-26-10-15-16(25-26)5-6-23-19(15)20(28)24-8-13(2)27/h3-7,10,13,18,27H,8-9,11H2,1-2H3,(H,24,28)/t13-/m1/s1. The van der Waals surface area contributed by atoms with Gasteiger partial charge in [0.2, 0.25) is 0 Å². The molecule has 7 nitrogen and oxygen atoms in total. The van der Waals surface area contributed by atoms with Crippen LogP contribution in [-0.4, -0.2) is 51.5 Å². The average Bonchev–Trinajstić information content (AvgIpc) is 3.07. The largest absolute Gasteiger partial charge is 0.487 e. The fourth-order valence-corrected chi connectivity index (χ4v) is 2.89. The molecule has 3 rings (SSSR count). The molecule has 29 heavy (non-hydrogen) atoms. The van der Waals surface area contributed by atoms with E-state index in [0.29, 0.717) is 23.2 Å². The molecule has 0 aliphatic carbocycles. The first kappa shape index (κ1) is 20.7. The Morgan fingerprint density at radius 3 is 2.83 bits per heavy atom. The molecule has 2 heterocycles. The van der Waals surface area contributed by atoms with E-state index in [9.17, 15) is 18.7 Å². The van der Waals surface area contributed by atoms with Crippen LogP contribution >= 0.6 is 0 Å². The molecule has 154 valence electrons. The van der Waals surface area contributed by atoms with Crippen molar-refractivity contribution in [3.63, 3.8) is 0 Å². The summed E-state index contributed by atoms with van der Waals surface area (Å²) in [5, 5.41) is 17.0. The molecule has 0 unspecified atom stereocenters. The van der Waals surface area contributed by atoms with Gasteiger partial charge in [-0.05, 0) is 37.1 Å². The van der Waals surface area contributed by atoms with E-state index in [4.69, 9.17) is 4.74 Å². The van der Waals surface area contributed by atoms with Gasteiger partial charge < -0.3 is 15.2 Å². The number of aryl methyl sites for hydroxylation is 1. The minimum absolute atomic E-state index is 0.129. The van der Waals surface area contributed by atoms with Crippen LogP contribution in [0.3, 0.4) is 0 Å². The molecule has 1 atom stereocenters. The summed E-state index contributed by atoms with van der Waals surface area (Å²) in [5.74, 6) is 0.0355. The van der Waals surface area contributed by atoms with E-state index in [1.54, 1.807) is 42.9 Å². The van der Waals surface area contributed by atoms with Gasteiger partial charge in [0.15, 0.2) is 0 Å². The van der Waals surface area contributed by atoms with Crippen molar-refractivity contribution in [1.29, 1.82) is 0 Å². The number of amides is 1. The first-order valence-corrected chi connectivity index (χ1v) is 9.12. The lowest BCUT2D eigenvalue weighted by molar-refractivity contribution is 0.0815. The van der Waals surface area contributed by atoms with Crippen LogP contribution in [0, 0.1) is 6.92 Å². The number of aliphatic hydroxyl groups is 1. The molecule has 0 fully saturated rings. The van der Waals surface area contributed by atoms with Crippen molar-refractivity contribution in [2.75, 3.05) is 13.2 Å². The Morgan fingerprint density at radius 2 is 2.14 bits per heavy atom. The van der Waals surface area contributed by atoms with E-state index in [-0.39, 0.29) is 18.1 Å². The first-order chi connectivity index (χ1) is 13.8. The predicted octanol–water partition coefficient (Wildman–Crippen LogP) is 2.54. The highest BCUT2D eigenvalue weighted by Crippen LogP contribution is 2.21. The highest BCUT2D eigenvalue weighted by atomic mass is 19.3. The van der Waals surface area contributed by atoms with Crippen molar-refractivity contribution in [3.05, 3.63) is 53.5 Å². The fourth-order valence-electron chi connectivity index (χ4n) is 2.89. The van der Waals surface area contributed by atoms with Crippen molar-refractivity contribution < 1.29 is 23.4 Å². The number of ether oxygens (including phenoxy) is 1. The monoisotopic (exact) mass is 404 g/mol. The number of fused-ring (bicyclic) bond motifs is 1. The van der Waals surface area contributed by atoms with Crippen molar-refractivity contribution in [2.45, 2.75) is 32.9 Å². The molecule has 3 aromatic rings. The van der Waals surface area contributed by atoms with Gasteiger partial charge in [0.1, 0.15) is 18.1 Å². The van der Waals surface area contributed by atoms with Crippen molar-refractivity contribution in [2.24, 2.45) is 0 Å². The van der Waals surface area contributed by atoms with Crippen LogP contribution in [0.25, 0.3) is 10.9 Å². The van der Waals surface area contributed by atoms with Crippen molar-refractivity contribution in [1.82, 2.24) is 20.1 Å². The lowest BCUT2D eigenvalue weighted by atomic mass is 10.1. The number of hydrogen-bond donors (Lipinski definition) is 2. The molecule has 2 aromatic heterocycles. The Bertz CT molecular complexity index is 1000. The van der Waals surface area contributed by atoms with Gasteiger partial charge in [-0.1, -0.05) is 12.1 Å². The Hall–Kier alpha value is -3.07. The second-order valence-electron chi connectivity index (χ2n) is 6.78. The summed E-state index contributed by atoms with van der Waals surface area (Å²) in [6.07, 6.45) is 0.0646. The zero-order valence-electron chi connectivity index (χ0n) is 16.1. The molecule has 2 N–H and O–H groups in total. The SMILES string of the molecule is Cc1cc(Cn2cc3c(C(=O)NC[C@@H](C)O)nccc3n2)ccc1OCC(F)F. The Morgan fingerprint density at radius 1 is 1.34 bits per heavy atom. The number of carbonyl (C=O) groups excluding carboxylic acids is 1. The number of nitrogens with zero attached hydrogens (tertiary/aromatic N) is 3. The predicted molar refractivity (Wildman–Crippen MR) is 103 cm³/mol. The summed E-state index contributed by atoms with van der Waals surface area (Å²) >= 11 is 0. The first-order valence-electron chi connectivity index (χ1n) is 9.12. The topological polar surface area (TPSA) is 89.3 Å². The van der Waals surface area contributed by atoms with Crippen LogP contribution in [0.1, 0.15) is 28.5 Å². The number of aliphatic hydroxyl groups excluding tert-OH is 1. The second-order valence-corrected chi connectivity index (χ2v) is 6.78. The highest BCUT2D eigenvalue weighted by Gasteiger charge is 2.15. The van der Waals surface area contributed by atoms with Gasteiger partial charge >= 0.3 is 0 Å². The molecular weight excluding hydrogens is 382 g/mol. The number of halogens is 2. The maximum absolute atomic E-state index is 12.3. The summed E-state index contributed by atoms with van der Waals surface area (Å²) < 4.78 is 31.4.